The Balaban J connectivity index is 1.94. The molecule has 2 N–H and O–H groups in total. The van der Waals surface area contributed by atoms with E-state index < -0.39 is 0 Å². The molecule has 0 unspecified atom stereocenters. The fourth-order valence-corrected chi connectivity index (χ4v) is 2.23. The zero-order valence-corrected chi connectivity index (χ0v) is 12.8. The maximum atomic E-state index is 11.9. The van der Waals surface area contributed by atoms with Crippen LogP contribution in [0.5, 0.6) is 0 Å². The number of amides is 1. The van der Waals surface area contributed by atoms with Gasteiger partial charge in [0.1, 0.15) is 0 Å². The summed E-state index contributed by atoms with van der Waals surface area (Å²) in [4.78, 5) is 11.9. The topological polar surface area (TPSA) is 57.8 Å². The molecule has 1 aromatic carbocycles. The number of aromatic nitrogens is 2. The van der Waals surface area contributed by atoms with Crippen LogP contribution >= 0.6 is 23.2 Å². The molecule has 0 saturated heterocycles. The Hall–Kier alpha value is -1.52. The number of rotatable bonds is 4. The number of hydrogen-bond acceptors (Lipinski definition) is 2. The van der Waals surface area contributed by atoms with Crippen LogP contribution in [0.2, 0.25) is 10.0 Å². The second kappa shape index (κ2) is 6.29. The molecular formula is C14H15Cl2N3O. The van der Waals surface area contributed by atoms with Gasteiger partial charge in [0.15, 0.2) is 0 Å². The molecular weight excluding hydrogens is 297 g/mol. The van der Waals surface area contributed by atoms with E-state index in [-0.39, 0.29) is 5.91 Å². The van der Waals surface area contributed by atoms with Crippen molar-refractivity contribution in [1.82, 2.24) is 15.5 Å². The van der Waals surface area contributed by atoms with Gasteiger partial charge in [-0.2, -0.15) is 5.10 Å². The third kappa shape index (κ3) is 3.52. The van der Waals surface area contributed by atoms with Gasteiger partial charge in [-0.3, -0.25) is 9.89 Å². The van der Waals surface area contributed by atoms with E-state index in [1.807, 2.05) is 19.9 Å². The highest BCUT2D eigenvalue weighted by Crippen LogP contribution is 2.22. The fourth-order valence-electron chi connectivity index (χ4n) is 1.91. The second-order valence-corrected chi connectivity index (χ2v) is 5.43. The van der Waals surface area contributed by atoms with Crippen LogP contribution in [0.15, 0.2) is 18.2 Å². The fraction of sp³-hybridized carbons (Fsp3) is 0.286. The number of hydrogen-bond donors (Lipinski definition) is 2. The molecule has 6 heteroatoms. The van der Waals surface area contributed by atoms with Crippen LogP contribution in [0.4, 0.5) is 0 Å². The summed E-state index contributed by atoms with van der Waals surface area (Å²) in [6.07, 6.45) is 0.315. The van der Waals surface area contributed by atoms with Gasteiger partial charge in [0, 0.05) is 17.8 Å². The molecule has 4 nitrogen and oxygen atoms in total. The highest BCUT2D eigenvalue weighted by atomic mass is 35.5. The molecule has 1 aromatic heterocycles. The van der Waals surface area contributed by atoms with Gasteiger partial charge in [-0.1, -0.05) is 29.3 Å². The van der Waals surface area contributed by atoms with E-state index in [1.165, 1.54) is 0 Å². The highest BCUT2D eigenvalue weighted by molar-refractivity contribution is 6.42. The number of aryl methyl sites for hydroxylation is 2. The lowest BCUT2D eigenvalue weighted by Crippen LogP contribution is -2.24. The van der Waals surface area contributed by atoms with Gasteiger partial charge in [-0.15, -0.1) is 0 Å². The molecule has 0 aliphatic carbocycles. The Morgan fingerprint density at radius 3 is 2.65 bits per heavy atom. The van der Waals surface area contributed by atoms with Crippen molar-refractivity contribution in [2.75, 3.05) is 0 Å². The first-order chi connectivity index (χ1) is 9.47. The van der Waals surface area contributed by atoms with Crippen LogP contribution in [0.25, 0.3) is 0 Å². The highest BCUT2D eigenvalue weighted by Gasteiger charge is 2.11. The molecule has 0 aliphatic rings. The maximum absolute atomic E-state index is 11.9. The van der Waals surface area contributed by atoms with E-state index in [9.17, 15) is 4.79 Å². The average molecular weight is 312 g/mol. The van der Waals surface area contributed by atoms with Gasteiger partial charge in [-0.25, -0.2) is 0 Å². The molecule has 1 amide bonds. The van der Waals surface area contributed by atoms with Crippen molar-refractivity contribution in [2.24, 2.45) is 0 Å². The van der Waals surface area contributed by atoms with Gasteiger partial charge in [0.25, 0.3) is 0 Å². The predicted octanol–water partition coefficient (Wildman–Crippen LogP) is 3.19. The summed E-state index contributed by atoms with van der Waals surface area (Å²) in [6, 6.07) is 5.30. The number of carbonyl (C=O) groups excluding carboxylic acids is 1. The zero-order chi connectivity index (χ0) is 14.7. The molecule has 0 aliphatic heterocycles. The van der Waals surface area contributed by atoms with Crippen LogP contribution in [-0.4, -0.2) is 16.1 Å². The quantitative estimate of drug-likeness (QED) is 0.911. The average Bonchev–Trinajstić information content (AvgIpc) is 2.72. The number of H-pyrrole nitrogens is 1. The molecule has 0 radical (unpaired) electrons. The number of benzene rings is 1. The predicted molar refractivity (Wildman–Crippen MR) is 80.1 cm³/mol. The third-order valence-corrected chi connectivity index (χ3v) is 3.83. The van der Waals surface area contributed by atoms with Crippen molar-refractivity contribution in [3.63, 3.8) is 0 Å². The molecule has 1 heterocycles. The summed E-state index contributed by atoms with van der Waals surface area (Å²) in [7, 11) is 0. The normalized spacial score (nSPS) is 10.6. The number of aromatic amines is 1. The first-order valence-corrected chi connectivity index (χ1v) is 6.94. The minimum atomic E-state index is -0.0522. The first-order valence-electron chi connectivity index (χ1n) is 6.18. The van der Waals surface area contributed by atoms with E-state index >= 15 is 0 Å². The number of halogens is 2. The largest absolute Gasteiger partial charge is 0.352 e. The smallest absolute Gasteiger partial charge is 0.224 e. The Kier molecular flexibility index (Phi) is 4.68. The Morgan fingerprint density at radius 2 is 2.05 bits per heavy atom. The van der Waals surface area contributed by atoms with Gasteiger partial charge >= 0.3 is 0 Å². The summed E-state index contributed by atoms with van der Waals surface area (Å²) >= 11 is 11.8. The minimum Gasteiger partial charge on any atom is -0.352 e. The van der Waals surface area contributed by atoms with Crippen LogP contribution in [-0.2, 0) is 17.8 Å². The van der Waals surface area contributed by atoms with Crippen molar-refractivity contribution in [1.29, 1.82) is 0 Å². The molecule has 0 bridgehead atoms. The van der Waals surface area contributed by atoms with Crippen LogP contribution in [0, 0.1) is 13.8 Å². The Morgan fingerprint density at radius 1 is 1.30 bits per heavy atom. The Labute approximate surface area is 127 Å². The van der Waals surface area contributed by atoms with E-state index in [0.717, 1.165) is 22.5 Å². The lowest BCUT2D eigenvalue weighted by molar-refractivity contribution is -0.120. The van der Waals surface area contributed by atoms with Gasteiger partial charge in [0.2, 0.25) is 5.91 Å². The van der Waals surface area contributed by atoms with E-state index in [4.69, 9.17) is 23.2 Å². The minimum absolute atomic E-state index is 0.0522. The second-order valence-electron chi connectivity index (χ2n) is 4.61. The van der Waals surface area contributed by atoms with Crippen LogP contribution in [0.1, 0.15) is 22.5 Å². The van der Waals surface area contributed by atoms with Crippen LogP contribution < -0.4 is 5.32 Å². The third-order valence-electron chi connectivity index (χ3n) is 3.09. The van der Waals surface area contributed by atoms with Crippen molar-refractivity contribution in [2.45, 2.75) is 26.8 Å². The SMILES string of the molecule is Cc1n[nH]c(C)c1CC(=O)NCc1ccc(Cl)c(Cl)c1. The zero-order valence-electron chi connectivity index (χ0n) is 11.3. The number of carbonyl (C=O) groups is 1. The summed E-state index contributed by atoms with van der Waals surface area (Å²) < 4.78 is 0. The van der Waals surface area contributed by atoms with Gasteiger partial charge < -0.3 is 5.32 Å². The van der Waals surface area contributed by atoms with E-state index in [0.29, 0.717) is 23.0 Å². The van der Waals surface area contributed by atoms with Gasteiger partial charge in [0.05, 0.1) is 22.2 Å². The van der Waals surface area contributed by atoms with Gasteiger partial charge in [-0.05, 0) is 31.5 Å². The summed E-state index contributed by atoms with van der Waals surface area (Å²) in [5.74, 6) is -0.0522. The molecule has 2 aromatic rings. The van der Waals surface area contributed by atoms with Crippen molar-refractivity contribution in [3.05, 3.63) is 50.8 Å². The van der Waals surface area contributed by atoms with E-state index in [2.05, 4.69) is 15.5 Å². The number of nitrogens with one attached hydrogen (secondary N) is 2. The maximum Gasteiger partial charge on any atom is 0.224 e. The first kappa shape index (κ1) is 14.9. The van der Waals surface area contributed by atoms with Crippen LogP contribution in [0.3, 0.4) is 0 Å². The summed E-state index contributed by atoms with van der Waals surface area (Å²) in [5.41, 5.74) is 3.63. The lowest BCUT2D eigenvalue weighted by atomic mass is 10.1. The monoisotopic (exact) mass is 311 g/mol. The molecule has 0 atom stereocenters. The summed E-state index contributed by atoms with van der Waals surface area (Å²) in [5, 5.41) is 10.8. The van der Waals surface area contributed by atoms with E-state index in [1.54, 1.807) is 12.1 Å². The summed E-state index contributed by atoms with van der Waals surface area (Å²) in [6.45, 7) is 4.21. The molecule has 0 saturated carbocycles. The lowest BCUT2D eigenvalue weighted by Gasteiger charge is -2.06. The molecule has 2 rings (SSSR count). The van der Waals surface area contributed by atoms with Crippen molar-refractivity contribution in [3.8, 4) is 0 Å². The van der Waals surface area contributed by atoms with Crippen molar-refractivity contribution >= 4 is 29.1 Å². The molecule has 20 heavy (non-hydrogen) atoms. The molecule has 0 fully saturated rings. The standard InChI is InChI=1S/C14H15Cl2N3O/c1-8-11(9(2)19-18-8)6-14(20)17-7-10-3-4-12(15)13(16)5-10/h3-5H,6-7H2,1-2H3,(H,17,20)(H,18,19). The molecule has 106 valence electrons. The van der Waals surface area contributed by atoms with Crippen molar-refractivity contribution < 1.29 is 4.79 Å². The molecule has 0 spiro atoms. The Bertz CT molecular complexity index is 618. The number of nitrogens with zero attached hydrogens (tertiary/aromatic N) is 1.